The summed E-state index contributed by atoms with van der Waals surface area (Å²) in [6.07, 6.45) is 1.76. The van der Waals surface area contributed by atoms with Gasteiger partial charge in [0.05, 0.1) is 0 Å². The van der Waals surface area contributed by atoms with Gasteiger partial charge in [0.1, 0.15) is 0 Å². The highest BCUT2D eigenvalue weighted by molar-refractivity contribution is 7.76. The van der Waals surface area contributed by atoms with Crippen LogP contribution in [0, 0.1) is 0 Å². The first-order valence-electron chi connectivity index (χ1n) is 4.26. The van der Waals surface area contributed by atoms with E-state index in [2.05, 4.69) is 9.88 Å². The average molecular weight is 232 g/mol. The van der Waals surface area contributed by atoms with Crippen molar-refractivity contribution in [3.8, 4) is 0 Å². The van der Waals surface area contributed by atoms with Gasteiger partial charge in [-0.15, -0.1) is 11.3 Å². The smallest absolute Gasteiger partial charge is 0.185 e. The number of aromatic nitrogens is 1. The van der Waals surface area contributed by atoms with E-state index in [4.69, 9.17) is 0 Å². The number of nitrogens with zero attached hydrogens (tertiary/aromatic N) is 3. The highest BCUT2D eigenvalue weighted by atomic mass is 32.2. The molecule has 5 nitrogen and oxygen atoms in total. The predicted molar refractivity (Wildman–Crippen MR) is 54.8 cm³/mol. The lowest BCUT2D eigenvalue weighted by molar-refractivity contribution is 0.366. The molecule has 14 heavy (non-hydrogen) atoms. The molecule has 2 heterocycles. The lowest BCUT2D eigenvalue weighted by Gasteiger charge is -2.34. The van der Waals surface area contributed by atoms with Gasteiger partial charge < -0.3 is 9.45 Å². The van der Waals surface area contributed by atoms with Gasteiger partial charge in [-0.1, -0.05) is 0 Å². The molecule has 0 N–H and O–H groups in total. The van der Waals surface area contributed by atoms with Gasteiger partial charge in [0.25, 0.3) is 0 Å². The van der Waals surface area contributed by atoms with E-state index < -0.39 is 11.3 Å². The van der Waals surface area contributed by atoms with E-state index in [0.29, 0.717) is 13.1 Å². The Bertz CT molecular complexity index is 309. The summed E-state index contributed by atoms with van der Waals surface area (Å²) >= 11 is -0.493. The number of thiazole rings is 1. The summed E-state index contributed by atoms with van der Waals surface area (Å²) in [5, 5.41) is 2.90. The van der Waals surface area contributed by atoms with E-state index in [1.807, 2.05) is 5.38 Å². The van der Waals surface area contributed by atoms with Gasteiger partial charge in [0, 0.05) is 49.0 Å². The van der Waals surface area contributed by atoms with Gasteiger partial charge in [0.15, 0.2) is 5.13 Å². The maximum Gasteiger partial charge on any atom is 0.185 e. The van der Waals surface area contributed by atoms with Gasteiger partial charge in [-0.2, -0.15) is 0 Å². The van der Waals surface area contributed by atoms with Crippen molar-refractivity contribution in [3.63, 3.8) is 0 Å². The van der Waals surface area contributed by atoms with Crippen LogP contribution in [0.4, 0.5) is 5.13 Å². The first-order chi connectivity index (χ1) is 6.77. The molecular formula is C7H10N3O2S2-. The minimum absolute atomic E-state index is 0.551. The fraction of sp³-hybridized carbons (Fsp3) is 0.571. The number of piperazine rings is 1. The molecule has 0 saturated carbocycles. The van der Waals surface area contributed by atoms with E-state index >= 15 is 0 Å². The van der Waals surface area contributed by atoms with Crippen LogP contribution >= 0.6 is 11.3 Å². The average Bonchev–Trinajstić information content (AvgIpc) is 2.71. The lowest BCUT2D eigenvalue weighted by atomic mass is 10.4. The fourth-order valence-corrected chi connectivity index (χ4v) is 2.56. The Labute approximate surface area is 88.8 Å². The molecule has 0 aliphatic carbocycles. The van der Waals surface area contributed by atoms with Crippen LogP contribution in [0.15, 0.2) is 11.6 Å². The van der Waals surface area contributed by atoms with Crippen molar-refractivity contribution >= 4 is 27.7 Å². The summed E-state index contributed by atoms with van der Waals surface area (Å²) < 4.78 is 22.7. The third-order valence-corrected chi connectivity index (χ3v) is 3.76. The summed E-state index contributed by atoms with van der Waals surface area (Å²) in [6, 6.07) is 0. The molecule has 0 spiro atoms. The summed E-state index contributed by atoms with van der Waals surface area (Å²) in [7, 11) is 0. The summed E-state index contributed by atoms with van der Waals surface area (Å²) in [5.74, 6) is 0. The first-order valence-corrected chi connectivity index (χ1v) is 6.17. The Hall–Kier alpha value is -0.500. The Morgan fingerprint density at radius 1 is 1.43 bits per heavy atom. The molecule has 1 aromatic heterocycles. The molecule has 0 aromatic carbocycles. The summed E-state index contributed by atoms with van der Waals surface area (Å²) in [4.78, 5) is 6.29. The highest BCUT2D eigenvalue weighted by Gasteiger charge is 2.18. The van der Waals surface area contributed by atoms with Gasteiger partial charge in [-0.3, -0.25) is 4.21 Å². The number of hydrogen-bond donors (Lipinski definition) is 0. The van der Waals surface area contributed by atoms with Crippen molar-refractivity contribution in [2.75, 3.05) is 31.1 Å². The fourth-order valence-electron chi connectivity index (χ4n) is 1.40. The van der Waals surface area contributed by atoms with Crippen molar-refractivity contribution in [2.24, 2.45) is 0 Å². The lowest BCUT2D eigenvalue weighted by Crippen LogP contribution is -2.46. The zero-order chi connectivity index (χ0) is 9.97. The van der Waals surface area contributed by atoms with E-state index in [0.717, 1.165) is 18.2 Å². The van der Waals surface area contributed by atoms with Crippen LogP contribution in [0.2, 0.25) is 0 Å². The second kappa shape index (κ2) is 4.35. The quantitative estimate of drug-likeness (QED) is 0.676. The van der Waals surface area contributed by atoms with Crippen molar-refractivity contribution in [3.05, 3.63) is 11.6 Å². The van der Waals surface area contributed by atoms with Crippen LogP contribution in [-0.2, 0) is 11.3 Å². The molecule has 1 aliphatic rings. The molecule has 1 saturated heterocycles. The Balaban J connectivity index is 1.93. The van der Waals surface area contributed by atoms with E-state index in [9.17, 15) is 8.76 Å². The molecule has 2 rings (SSSR count). The molecule has 0 radical (unpaired) electrons. The SMILES string of the molecule is O=S([O-])N1CCN(c2nccs2)CC1. The Morgan fingerprint density at radius 2 is 2.14 bits per heavy atom. The van der Waals surface area contributed by atoms with Crippen LogP contribution in [0.3, 0.4) is 0 Å². The summed E-state index contributed by atoms with van der Waals surface area (Å²) in [6.45, 7) is 2.55. The summed E-state index contributed by atoms with van der Waals surface area (Å²) in [5.41, 5.74) is 0. The zero-order valence-electron chi connectivity index (χ0n) is 7.46. The third kappa shape index (κ3) is 2.11. The van der Waals surface area contributed by atoms with Gasteiger partial charge in [-0.25, -0.2) is 9.29 Å². The van der Waals surface area contributed by atoms with Crippen LogP contribution in [0.25, 0.3) is 0 Å². The molecule has 78 valence electrons. The molecule has 1 aromatic rings. The first kappa shape index (κ1) is 10.0. The van der Waals surface area contributed by atoms with Crippen molar-refractivity contribution in [2.45, 2.75) is 0 Å². The van der Waals surface area contributed by atoms with Crippen LogP contribution in [0.1, 0.15) is 0 Å². The topological polar surface area (TPSA) is 59.5 Å². The molecule has 0 bridgehead atoms. The molecule has 1 unspecified atom stereocenters. The molecule has 0 amide bonds. The molecule has 1 atom stereocenters. The number of anilines is 1. The number of hydrogen-bond acceptors (Lipinski definition) is 5. The second-order valence-corrected chi connectivity index (χ2v) is 4.77. The van der Waals surface area contributed by atoms with E-state index in [1.54, 1.807) is 17.5 Å². The van der Waals surface area contributed by atoms with Crippen LogP contribution in [0.5, 0.6) is 0 Å². The normalized spacial score (nSPS) is 21.1. The standard InChI is InChI=1S/C7H11N3O2S2/c11-14(12)10-4-2-9(3-5-10)7-8-1-6-13-7/h1,6H,2-5H2,(H,11,12)/p-1. The van der Waals surface area contributed by atoms with Crippen LogP contribution < -0.4 is 4.90 Å². The Morgan fingerprint density at radius 3 is 2.64 bits per heavy atom. The van der Waals surface area contributed by atoms with Crippen LogP contribution in [-0.4, -0.2) is 44.2 Å². The maximum atomic E-state index is 10.6. The third-order valence-electron chi connectivity index (χ3n) is 2.14. The minimum atomic E-state index is -2.07. The molecule has 1 fully saturated rings. The van der Waals surface area contributed by atoms with Gasteiger partial charge in [0.2, 0.25) is 0 Å². The monoisotopic (exact) mass is 232 g/mol. The van der Waals surface area contributed by atoms with Crippen molar-refractivity contribution in [1.29, 1.82) is 0 Å². The van der Waals surface area contributed by atoms with Crippen molar-refractivity contribution in [1.82, 2.24) is 9.29 Å². The van der Waals surface area contributed by atoms with Crippen molar-refractivity contribution < 1.29 is 8.76 Å². The highest BCUT2D eigenvalue weighted by Crippen LogP contribution is 2.18. The minimum Gasteiger partial charge on any atom is -0.760 e. The van der Waals surface area contributed by atoms with Gasteiger partial charge in [-0.05, 0) is 0 Å². The number of rotatable bonds is 2. The van der Waals surface area contributed by atoms with E-state index in [1.165, 1.54) is 4.31 Å². The Kier molecular flexibility index (Phi) is 3.12. The maximum absolute atomic E-state index is 10.6. The largest absolute Gasteiger partial charge is 0.760 e. The second-order valence-electron chi connectivity index (χ2n) is 2.95. The predicted octanol–water partition coefficient (Wildman–Crippen LogP) is 0.0592. The van der Waals surface area contributed by atoms with E-state index in [-0.39, 0.29) is 0 Å². The molecular weight excluding hydrogens is 222 g/mol. The molecule has 7 heteroatoms. The zero-order valence-corrected chi connectivity index (χ0v) is 9.09. The molecule has 1 aliphatic heterocycles. The van der Waals surface area contributed by atoms with Gasteiger partial charge >= 0.3 is 0 Å².